The van der Waals surface area contributed by atoms with Gasteiger partial charge in [0, 0.05) is 31.6 Å². The van der Waals surface area contributed by atoms with E-state index in [-0.39, 0.29) is 29.1 Å². The lowest BCUT2D eigenvalue weighted by Crippen LogP contribution is -2.43. The van der Waals surface area contributed by atoms with Crippen molar-refractivity contribution in [2.24, 2.45) is 0 Å². The summed E-state index contributed by atoms with van der Waals surface area (Å²) >= 11 is 1.11. The molecule has 1 aliphatic rings. The van der Waals surface area contributed by atoms with Crippen LogP contribution in [0.4, 0.5) is 0 Å². The minimum atomic E-state index is -1.01. The van der Waals surface area contributed by atoms with E-state index in [2.05, 4.69) is 0 Å². The number of aliphatic carboxylic acids is 1. The maximum atomic E-state index is 12.0. The molecule has 1 amide bonds. The minimum Gasteiger partial charge on any atom is -0.480 e. The number of rotatable bonds is 5. The molecular formula is C15H17NO4S. The Morgan fingerprint density at radius 2 is 2.05 bits per heavy atom. The first kappa shape index (κ1) is 15.6. The van der Waals surface area contributed by atoms with Crippen molar-refractivity contribution in [3.05, 3.63) is 35.9 Å². The van der Waals surface area contributed by atoms with E-state index >= 15 is 0 Å². The molecule has 112 valence electrons. The second-order valence-corrected chi connectivity index (χ2v) is 6.50. The Morgan fingerprint density at radius 1 is 1.38 bits per heavy atom. The summed E-state index contributed by atoms with van der Waals surface area (Å²) in [6.07, 6.45) is 0.502. The zero-order valence-electron chi connectivity index (χ0n) is 11.7. The van der Waals surface area contributed by atoms with Gasteiger partial charge in [0.25, 0.3) is 0 Å². The molecule has 0 aliphatic carbocycles. The van der Waals surface area contributed by atoms with Crippen molar-refractivity contribution in [1.82, 2.24) is 4.90 Å². The van der Waals surface area contributed by atoms with Crippen LogP contribution in [0.2, 0.25) is 0 Å². The zero-order valence-corrected chi connectivity index (χ0v) is 12.5. The summed E-state index contributed by atoms with van der Waals surface area (Å²) in [6.45, 7) is 1.77. The quantitative estimate of drug-likeness (QED) is 0.893. The zero-order chi connectivity index (χ0) is 15.4. The molecule has 21 heavy (non-hydrogen) atoms. The molecule has 0 bridgehead atoms. The molecule has 0 radical (unpaired) electrons. The molecule has 1 saturated heterocycles. The minimum absolute atomic E-state index is 0.0513. The van der Waals surface area contributed by atoms with E-state index in [1.54, 1.807) is 0 Å². The SMILES string of the molecule is CC(=O)SC1CC(=O)N([C@@H](Cc2ccccc2)C(=O)O)C1. The van der Waals surface area contributed by atoms with Crippen molar-refractivity contribution < 1.29 is 19.5 Å². The summed E-state index contributed by atoms with van der Waals surface area (Å²) in [4.78, 5) is 36.0. The van der Waals surface area contributed by atoms with Crippen LogP contribution in [-0.4, -0.2) is 44.8 Å². The summed E-state index contributed by atoms with van der Waals surface area (Å²) < 4.78 is 0. The van der Waals surface area contributed by atoms with Crippen LogP contribution in [0.25, 0.3) is 0 Å². The van der Waals surface area contributed by atoms with Crippen molar-refractivity contribution in [2.45, 2.75) is 31.1 Å². The molecule has 1 fully saturated rings. The first-order chi connectivity index (χ1) is 9.97. The van der Waals surface area contributed by atoms with E-state index in [1.165, 1.54) is 11.8 Å². The molecule has 2 rings (SSSR count). The van der Waals surface area contributed by atoms with E-state index in [0.29, 0.717) is 6.54 Å². The molecule has 1 aliphatic heterocycles. The van der Waals surface area contributed by atoms with Gasteiger partial charge in [-0.25, -0.2) is 4.79 Å². The molecule has 1 heterocycles. The highest BCUT2D eigenvalue weighted by Crippen LogP contribution is 2.26. The first-order valence-corrected chi connectivity index (χ1v) is 7.58. The Morgan fingerprint density at radius 3 is 2.62 bits per heavy atom. The molecular weight excluding hydrogens is 290 g/mol. The van der Waals surface area contributed by atoms with Crippen molar-refractivity contribution >= 4 is 28.8 Å². The van der Waals surface area contributed by atoms with Crippen LogP contribution < -0.4 is 0 Å². The standard InChI is InChI=1S/C15H17NO4S/c1-10(17)21-12-8-14(18)16(9-12)13(15(19)20)7-11-5-3-2-4-6-11/h2-6,12-13H,7-9H2,1H3,(H,19,20)/t12?,13-/m0/s1. The monoisotopic (exact) mass is 307 g/mol. The summed E-state index contributed by atoms with van der Waals surface area (Å²) in [5, 5.41) is 9.22. The highest BCUT2D eigenvalue weighted by Gasteiger charge is 2.38. The molecule has 1 aromatic carbocycles. The van der Waals surface area contributed by atoms with Crippen LogP contribution in [-0.2, 0) is 20.8 Å². The van der Waals surface area contributed by atoms with Gasteiger partial charge in [0.05, 0.1) is 0 Å². The van der Waals surface area contributed by atoms with Gasteiger partial charge in [-0.15, -0.1) is 0 Å². The number of carbonyl (C=O) groups is 3. The number of nitrogens with zero attached hydrogens (tertiary/aromatic N) is 1. The fraction of sp³-hybridized carbons (Fsp3) is 0.400. The lowest BCUT2D eigenvalue weighted by Gasteiger charge is -2.24. The number of carboxylic acid groups (broad SMARTS) is 1. The predicted octanol–water partition coefficient (Wildman–Crippen LogP) is 1.56. The summed E-state index contributed by atoms with van der Waals surface area (Å²) in [5.74, 6) is -1.21. The average Bonchev–Trinajstić information content (AvgIpc) is 2.76. The van der Waals surface area contributed by atoms with Crippen LogP contribution >= 0.6 is 11.8 Å². The third-order valence-electron chi connectivity index (χ3n) is 3.39. The smallest absolute Gasteiger partial charge is 0.326 e. The molecule has 1 aromatic rings. The number of hydrogen-bond donors (Lipinski definition) is 1. The van der Waals surface area contributed by atoms with Crippen molar-refractivity contribution in [2.75, 3.05) is 6.54 Å². The number of thioether (sulfide) groups is 1. The van der Waals surface area contributed by atoms with Crippen LogP contribution in [0, 0.1) is 0 Å². The lowest BCUT2D eigenvalue weighted by atomic mass is 10.1. The molecule has 0 saturated carbocycles. The Bertz CT molecular complexity index is 546. The number of benzene rings is 1. The highest BCUT2D eigenvalue weighted by atomic mass is 32.2. The predicted molar refractivity (Wildman–Crippen MR) is 80.0 cm³/mol. The normalized spacial score (nSPS) is 19.6. The maximum Gasteiger partial charge on any atom is 0.326 e. The Kier molecular flexibility index (Phi) is 5.01. The summed E-state index contributed by atoms with van der Waals surface area (Å²) in [6, 6.07) is 8.36. The molecule has 1 unspecified atom stereocenters. The van der Waals surface area contributed by atoms with E-state index in [0.717, 1.165) is 17.3 Å². The molecule has 0 aromatic heterocycles. The third-order valence-corrected chi connectivity index (χ3v) is 4.37. The van der Waals surface area contributed by atoms with Gasteiger partial charge in [0.1, 0.15) is 6.04 Å². The Labute approximate surface area is 127 Å². The number of likely N-dealkylation sites (tertiary alicyclic amines) is 1. The fourth-order valence-corrected chi connectivity index (χ4v) is 3.41. The second kappa shape index (κ2) is 6.76. The molecule has 5 nitrogen and oxygen atoms in total. The van der Waals surface area contributed by atoms with Crippen LogP contribution in [0.1, 0.15) is 18.9 Å². The van der Waals surface area contributed by atoms with E-state index in [9.17, 15) is 19.5 Å². The van der Waals surface area contributed by atoms with Crippen molar-refractivity contribution in [3.63, 3.8) is 0 Å². The Hall–Kier alpha value is -1.82. The van der Waals surface area contributed by atoms with Gasteiger partial charge >= 0.3 is 5.97 Å². The molecule has 1 N–H and O–H groups in total. The van der Waals surface area contributed by atoms with Crippen LogP contribution in [0.15, 0.2) is 30.3 Å². The lowest BCUT2D eigenvalue weighted by molar-refractivity contribution is -0.148. The van der Waals surface area contributed by atoms with Crippen molar-refractivity contribution in [3.8, 4) is 0 Å². The molecule has 2 atom stereocenters. The first-order valence-electron chi connectivity index (χ1n) is 6.71. The summed E-state index contributed by atoms with van der Waals surface area (Å²) in [5.41, 5.74) is 0.875. The van der Waals surface area contributed by atoms with Gasteiger partial charge in [-0.1, -0.05) is 42.1 Å². The number of amides is 1. The van der Waals surface area contributed by atoms with Crippen LogP contribution in [0.3, 0.4) is 0 Å². The van der Waals surface area contributed by atoms with Gasteiger partial charge in [0.15, 0.2) is 5.12 Å². The average molecular weight is 307 g/mol. The van der Waals surface area contributed by atoms with E-state index < -0.39 is 12.0 Å². The molecule has 0 spiro atoms. The van der Waals surface area contributed by atoms with Gasteiger partial charge in [-0.05, 0) is 5.56 Å². The van der Waals surface area contributed by atoms with Gasteiger partial charge < -0.3 is 10.0 Å². The van der Waals surface area contributed by atoms with Gasteiger partial charge in [-0.3, -0.25) is 9.59 Å². The van der Waals surface area contributed by atoms with Gasteiger partial charge in [0.2, 0.25) is 5.91 Å². The second-order valence-electron chi connectivity index (χ2n) is 5.03. The van der Waals surface area contributed by atoms with E-state index in [4.69, 9.17) is 0 Å². The third kappa shape index (κ3) is 4.07. The summed E-state index contributed by atoms with van der Waals surface area (Å²) in [7, 11) is 0. The number of hydrogen-bond acceptors (Lipinski definition) is 4. The largest absolute Gasteiger partial charge is 0.480 e. The highest BCUT2D eigenvalue weighted by molar-refractivity contribution is 8.14. The van der Waals surface area contributed by atoms with Gasteiger partial charge in [-0.2, -0.15) is 0 Å². The molecule has 6 heteroatoms. The van der Waals surface area contributed by atoms with Crippen molar-refractivity contribution in [1.29, 1.82) is 0 Å². The fourth-order valence-electron chi connectivity index (χ4n) is 2.48. The Balaban J connectivity index is 2.10. The van der Waals surface area contributed by atoms with Crippen LogP contribution in [0.5, 0.6) is 0 Å². The van der Waals surface area contributed by atoms with E-state index in [1.807, 2.05) is 30.3 Å². The number of carboxylic acids is 1. The number of carbonyl (C=O) groups excluding carboxylic acids is 2. The topological polar surface area (TPSA) is 74.7 Å². The maximum absolute atomic E-state index is 12.0.